The van der Waals surface area contributed by atoms with E-state index >= 15 is 0 Å². The van der Waals surface area contributed by atoms with Crippen LogP contribution in [-0.2, 0) is 19.1 Å². The lowest BCUT2D eigenvalue weighted by Crippen LogP contribution is -2.43. The van der Waals surface area contributed by atoms with Gasteiger partial charge in [0.25, 0.3) is 0 Å². The summed E-state index contributed by atoms with van der Waals surface area (Å²) in [6.45, 7) is 3.25. The Hall–Kier alpha value is -1.99. The maximum absolute atomic E-state index is 12.1. The third kappa shape index (κ3) is 5.88. The van der Waals surface area contributed by atoms with Crippen molar-refractivity contribution in [3.05, 3.63) is 23.9 Å². The van der Waals surface area contributed by atoms with Gasteiger partial charge >= 0.3 is 11.8 Å². The van der Waals surface area contributed by atoms with Crippen molar-refractivity contribution in [1.29, 1.82) is 0 Å². The molecule has 0 atom stereocenters. The number of carbonyl (C=O) groups is 2. The zero-order chi connectivity index (χ0) is 15.7. The number of aryl methyl sites for hydroxylation is 1. The van der Waals surface area contributed by atoms with Gasteiger partial charge in [-0.15, -0.1) is 0 Å². The molecule has 0 aliphatic heterocycles. The van der Waals surface area contributed by atoms with E-state index in [0.717, 1.165) is 5.56 Å². The van der Waals surface area contributed by atoms with Crippen molar-refractivity contribution in [3.63, 3.8) is 0 Å². The molecule has 0 saturated carbocycles. The third-order valence-electron chi connectivity index (χ3n) is 2.77. The molecule has 0 aliphatic carbocycles. The van der Waals surface area contributed by atoms with Crippen LogP contribution in [0.5, 0.6) is 0 Å². The standard InChI is InChI=1S/C14H21N3O4/c1-11-4-5-12(15-10-11)16-13(18)14(19)17(6-8-20-2)7-9-21-3/h4-5,10H,6-9H2,1-3H3,(H,15,16,18). The van der Waals surface area contributed by atoms with Gasteiger partial charge in [-0.05, 0) is 18.6 Å². The fourth-order valence-corrected chi connectivity index (χ4v) is 1.57. The Balaban J connectivity index is 2.63. The number of aromatic nitrogens is 1. The largest absolute Gasteiger partial charge is 0.383 e. The second kappa shape index (κ2) is 9.04. The lowest BCUT2D eigenvalue weighted by Gasteiger charge is -2.21. The lowest BCUT2D eigenvalue weighted by atomic mass is 10.3. The Morgan fingerprint density at radius 3 is 2.29 bits per heavy atom. The van der Waals surface area contributed by atoms with Crippen molar-refractivity contribution in [2.75, 3.05) is 45.8 Å². The van der Waals surface area contributed by atoms with E-state index in [1.54, 1.807) is 18.3 Å². The summed E-state index contributed by atoms with van der Waals surface area (Å²) in [5.74, 6) is -1.01. The minimum Gasteiger partial charge on any atom is -0.383 e. The third-order valence-corrected chi connectivity index (χ3v) is 2.77. The van der Waals surface area contributed by atoms with E-state index in [0.29, 0.717) is 32.1 Å². The topological polar surface area (TPSA) is 80.8 Å². The van der Waals surface area contributed by atoms with E-state index in [4.69, 9.17) is 9.47 Å². The summed E-state index contributed by atoms with van der Waals surface area (Å²) in [5.41, 5.74) is 0.973. The Morgan fingerprint density at radius 2 is 1.81 bits per heavy atom. The predicted molar refractivity (Wildman–Crippen MR) is 77.9 cm³/mol. The summed E-state index contributed by atoms with van der Waals surface area (Å²) in [6.07, 6.45) is 1.62. The van der Waals surface area contributed by atoms with E-state index in [-0.39, 0.29) is 0 Å². The summed E-state index contributed by atoms with van der Waals surface area (Å²) in [4.78, 5) is 29.5. The molecule has 0 aliphatic rings. The van der Waals surface area contributed by atoms with Crippen molar-refractivity contribution < 1.29 is 19.1 Å². The predicted octanol–water partition coefficient (Wildman–Crippen LogP) is 0.450. The average molecular weight is 295 g/mol. The minimum absolute atomic E-state index is 0.327. The molecule has 0 saturated heterocycles. The monoisotopic (exact) mass is 295 g/mol. The molecular formula is C14H21N3O4. The first-order chi connectivity index (χ1) is 10.1. The van der Waals surface area contributed by atoms with Gasteiger partial charge in [0, 0.05) is 33.5 Å². The number of rotatable bonds is 7. The zero-order valence-corrected chi connectivity index (χ0v) is 12.6. The van der Waals surface area contributed by atoms with Crippen LogP contribution in [0.4, 0.5) is 5.82 Å². The molecule has 1 N–H and O–H groups in total. The van der Waals surface area contributed by atoms with E-state index in [1.807, 2.05) is 6.92 Å². The first-order valence-corrected chi connectivity index (χ1v) is 6.59. The number of carbonyl (C=O) groups excluding carboxylic acids is 2. The van der Waals surface area contributed by atoms with Gasteiger partial charge in [0.05, 0.1) is 13.2 Å². The van der Waals surface area contributed by atoms with Crippen LogP contribution >= 0.6 is 0 Å². The van der Waals surface area contributed by atoms with Gasteiger partial charge in [0.15, 0.2) is 0 Å². The lowest BCUT2D eigenvalue weighted by molar-refractivity contribution is -0.144. The number of anilines is 1. The Kier molecular flexibility index (Phi) is 7.34. The highest BCUT2D eigenvalue weighted by Gasteiger charge is 2.21. The molecule has 21 heavy (non-hydrogen) atoms. The second-order valence-corrected chi connectivity index (χ2v) is 4.45. The van der Waals surface area contributed by atoms with Crippen LogP contribution in [-0.4, -0.2) is 62.2 Å². The van der Waals surface area contributed by atoms with Crippen molar-refractivity contribution in [2.45, 2.75) is 6.92 Å². The van der Waals surface area contributed by atoms with Crippen molar-refractivity contribution >= 4 is 17.6 Å². The summed E-state index contributed by atoms with van der Waals surface area (Å²) >= 11 is 0. The zero-order valence-electron chi connectivity index (χ0n) is 12.6. The van der Waals surface area contributed by atoms with Crippen LogP contribution < -0.4 is 5.32 Å². The number of hydrogen-bond acceptors (Lipinski definition) is 5. The summed E-state index contributed by atoms with van der Waals surface area (Å²) in [5, 5.41) is 2.48. The molecule has 1 aromatic rings. The Morgan fingerprint density at radius 1 is 1.19 bits per heavy atom. The maximum Gasteiger partial charge on any atom is 0.315 e. The van der Waals surface area contributed by atoms with Crippen molar-refractivity contribution in [1.82, 2.24) is 9.88 Å². The molecule has 0 fully saturated rings. The molecule has 0 spiro atoms. The molecule has 7 heteroatoms. The number of nitrogens with one attached hydrogen (secondary N) is 1. The Labute approximate surface area is 124 Å². The Bertz CT molecular complexity index is 454. The van der Waals surface area contributed by atoms with Gasteiger partial charge in [0.1, 0.15) is 5.82 Å². The summed E-state index contributed by atoms with van der Waals surface area (Å²) in [7, 11) is 3.07. The first-order valence-electron chi connectivity index (χ1n) is 6.59. The molecule has 0 aromatic carbocycles. The molecule has 1 rings (SSSR count). The number of pyridine rings is 1. The van der Waals surface area contributed by atoms with Gasteiger partial charge in [-0.2, -0.15) is 0 Å². The highest BCUT2D eigenvalue weighted by Crippen LogP contribution is 2.04. The molecule has 0 radical (unpaired) electrons. The molecule has 116 valence electrons. The number of methoxy groups -OCH3 is 2. The quantitative estimate of drug-likeness (QED) is 0.739. The molecule has 0 unspecified atom stereocenters. The first kappa shape index (κ1) is 17.1. The highest BCUT2D eigenvalue weighted by molar-refractivity contribution is 6.39. The van der Waals surface area contributed by atoms with Crippen LogP contribution in [0.1, 0.15) is 5.56 Å². The molecule has 0 bridgehead atoms. The van der Waals surface area contributed by atoms with Gasteiger partial charge in [-0.3, -0.25) is 9.59 Å². The van der Waals surface area contributed by atoms with Crippen molar-refractivity contribution in [2.24, 2.45) is 0 Å². The fraction of sp³-hybridized carbons (Fsp3) is 0.500. The van der Waals surface area contributed by atoms with Gasteiger partial charge < -0.3 is 19.7 Å². The van der Waals surface area contributed by atoms with Crippen LogP contribution in [0.15, 0.2) is 18.3 Å². The fourth-order valence-electron chi connectivity index (χ4n) is 1.57. The smallest absolute Gasteiger partial charge is 0.315 e. The van der Waals surface area contributed by atoms with Gasteiger partial charge in [0.2, 0.25) is 0 Å². The number of ether oxygens (including phenoxy) is 2. The number of hydrogen-bond donors (Lipinski definition) is 1. The molecule has 2 amide bonds. The van der Waals surface area contributed by atoms with Crippen molar-refractivity contribution in [3.8, 4) is 0 Å². The van der Waals surface area contributed by atoms with Gasteiger partial charge in [-0.1, -0.05) is 6.07 Å². The molecule has 7 nitrogen and oxygen atoms in total. The average Bonchev–Trinajstić information content (AvgIpc) is 2.49. The molecule has 1 heterocycles. The van der Waals surface area contributed by atoms with Gasteiger partial charge in [-0.25, -0.2) is 4.98 Å². The maximum atomic E-state index is 12.1. The second-order valence-electron chi connectivity index (χ2n) is 4.45. The van der Waals surface area contributed by atoms with Crippen LogP contribution in [0.3, 0.4) is 0 Å². The number of nitrogens with zero attached hydrogens (tertiary/aromatic N) is 2. The minimum atomic E-state index is -0.724. The van der Waals surface area contributed by atoms with E-state index in [9.17, 15) is 9.59 Å². The van der Waals surface area contributed by atoms with Crippen LogP contribution in [0.2, 0.25) is 0 Å². The van der Waals surface area contributed by atoms with E-state index in [2.05, 4.69) is 10.3 Å². The molecular weight excluding hydrogens is 274 g/mol. The molecule has 1 aromatic heterocycles. The highest BCUT2D eigenvalue weighted by atomic mass is 16.5. The SMILES string of the molecule is COCCN(CCOC)C(=O)C(=O)Nc1ccc(C)cn1. The normalized spacial score (nSPS) is 10.2. The summed E-state index contributed by atoms with van der Waals surface area (Å²) < 4.78 is 9.87. The summed E-state index contributed by atoms with van der Waals surface area (Å²) in [6, 6.07) is 3.45. The van der Waals surface area contributed by atoms with E-state index < -0.39 is 11.8 Å². The van der Waals surface area contributed by atoms with E-state index in [1.165, 1.54) is 19.1 Å². The number of amides is 2. The van der Waals surface area contributed by atoms with Crippen LogP contribution in [0.25, 0.3) is 0 Å². The van der Waals surface area contributed by atoms with Crippen LogP contribution in [0, 0.1) is 6.92 Å².